The first kappa shape index (κ1) is 24.1. The summed E-state index contributed by atoms with van der Waals surface area (Å²) in [6.07, 6.45) is 8.46. The van der Waals surface area contributed by atoms with Crippen LogP contribution in [0, 0.1) is 11.8 Å². The van der Waals surface area contributed by atoms with Gasteiger partial charge >= 0.3 is 0 Å². The molecule has 2 aliphatic heterocycles. The molecule has 174 valence electrons. The van der Waals surface area contributed by atoms with E-state index in [9.17, 15) is 4.79 Å². The quantitative estimate of drug-likeness (QED) is 0.603. The van der Waals surface area contributed by atoms with Gasteiger partial charge in [-0.3, -0.25) is 14.7 Å². The number of allylic oxidation sites excluding steroid dienone is 2. The van der Waals surface area contributed by atoms with Crippen molar-refractivity contribution in [1.82, 2.24) is 4.90 Å². The molecule has 1 aromatic rings. The zero-order valence-electron chi connectivity index (χ0n) is 18.9. The van der Waals surface area contributed by atoms with E-state index in [0.717, 1.165) is 55.5 Å². The predicted octanol–water partition coefficient (Wildman–Crippen LogP) is 5.62. The zero-order valence-corrected chi connectivity index (χ0v) is 18.9. The van der Waals surface area contributed by atoms with Crippen molar-refractivity contribution in [2.45, 2.75) is 47.6 Å². The largest absolute Gasteiger partial charge is 0.381 e. The number of carbonyl (C=O) groups is 1. The second kappa shape index (κ2) is 10.9. The summed E-state index contributed by atoms with van der Waals surface area (Å²) in [6, 6.07) is 8.14. The molecule has 5 nitrogen and oxygen atoms in total. The smallest absolute Gasteiger partial charge is 0.255 e. The Morgan fingerprint density at radius 2 is 2.09 bits per heavy atom. The molecule has 0 aromatic heterocycles. The molecule has 1 unspecified atom stereocenters. The fraction of sp³-hybridized carbons (Fsp3) is 0.481. The fourth-order valence-electron chi connectivity index (χ4n) is 4.76. The molecule has 0 bridgehead atoms. The van der Waals surface area contributed by atoms with Crippen LogP contribution in [0.5, 0.6) is 0 Å². The second-order valence-corrected chi connectivity index (χ2v) is 8.82. The van der Waals surface area contributed by atoms with Gasteiger partial charge in [0.25, 0.3) is 5.91 Å². The maximum absolute atomic E-state index is 13.0. The van der Waals surface area contributed by atoms with E-state index in [1.807, 2.05) is 37.3 Å². The first-order chi connectivity index (χ1) is 15.0. The third-order valence-corrected chi connectivity index (χ3v) is 6.28. The Bertz CT molecular complexity index is 964. The minimum atomic E-state index is -0.0668. The molecule has 1 aliphatic carbocycles. The van der Waals surface area contributed by atoms with Crippen molar-refractivity contribution in [3.63, 3.8) is 0 Å². The van der Waals surface area contributed by atoms with Crippen molar-refractivity contribution in [1.29, 1.82) is 0 Å². The van der Waals surface area contributed by atoms with Gasteiger partial charge in [0.05, 0.1) is 12.3 Å². The van der Waals surface area contributed by atoms with Crippen LogP contribution in [0.3, 0.4) is 0 Å². The van der Waals surface area contributed by atoms with Crippen molar-refractivity contribution >= 4 is 17.3 Å². The van der Waals surface area contributed by atoms with Crippen molar-refractivity contribution in [3.8, 4) is 0 Å². The van der Waals surface area contributed by atoms with Crippen molar-refractivity contribution in [3.05, 3.63) is 64.9 Å². The number of aliphatic imine (C=N–C) groups is 1. The van der Waals surface area contributed by atoms with E-state index < -0.39 is 0 Å². The maximum Gasteiger partial charge on any atom is 0.255 e. The minimum Gasteiger partial charge on any atom is -0.381 e. The Balaban J connectivity index is 0.00000193. The molecule has 0 saturated carbocycles. The number of ether oxygens (including phenoxy) is 1. The number of hydrogen-bond acceptors (Lipinski definition) is 4. The number of piperidine rings is 1. The van der Waals surface area contributed by atoms with Crippen LogP contribution < -0.4 is 5.32 Å². The number of rotatable bonds is 7. The minimum absolute atomic E-state index is 0. The number of nitrogens with zero attached hydrogens (tertiary/aromatic N) is 2. The molecule has 2 atom stereocenters. The van der Waals surface area contributed by atoms with E-state index in [4.69, 9.17) is 4.74 Å². The summed E-state index contributed by atoms with van der Waals surface area (Å²) >= 11 is 0. The number of hydrogen-bond donors (Lipinski definition) is 1. The lowest BCUT2D eigenvalue weighted by molar-refractivity contribution is -0.112. The molecule has 1 saturated heterocycles. The van der Waals surface area contributed by atoms with Crippen LogP contribution in [-0.4, -0.2) is 42.8 Å². The van der Waals surface area contributed by atoms with Gasteiger partial charge in [-0.1, -0.05) is 37.3 Å². The average molecular weight is 438 g/mol. The molecular weight excluding hydrogens is 398 g/mol. The first-order valence-corrected chi connectivity index (χ1v) is 11.4. The van der Waals surface area contributed by atoms with Gasteiger partial charge < -0.3 is 10.1 Å². The van der Waals surface area contributed by atoms with Crippen molar-refractivity contribution in [2.75, 3.05) is 31.6 Å². The lowest BCUT2D eigenvalue weighted by atomic mass is 9.96. The number of anilines is 1. The van der Waals surface area contributed by atoms with Crippen LogP contribution in [0.15, 0.2) is 64.3 Å². The number of nitrogens with one attached hydrogen (secondary N) is 1. The average Bonchev–Trinajstić information content (AvgIpc) is 3.18. The van der Waals surface area contributed by atoms with Crippen LogP contribution in [0.4, 0.5) is 5.69 Å². The van der Waals surface area contributed by atoms with Crippen LogP contribution in [0.25, 0.3) is 0 Å². The highest BCUT2D eigenvalue weighted by molar-refractivity contribution is 6.07. The standard InChI is InChI=1S/C26H33N3O2.CH4.H2/c1-4-31-17-20-8-7-11-29(15-20)16-21-9-5-6-10-24(21)28-26(30)22-13-23-18(2)12-19(3)27-25(23)14-22;;/h5-6,9-10,12-14,20,23H,4,7-8,11,15-17H2,1-3H3,(H,28,30);1H4;1H/t20-,23?;;/m1../s1. The molecular formula is C27H39N3O2. The molecule has 5 heteroatoms. The van der Waals surface area contributed by atoms with Gasteiger partial charge in [0.15, 0.2) is 0 Å². The summed E-state index contributed by atoms with van der Waals surface area (Å²) in [5.74, 6) is 0.646. The number of likely N-dealkylation sites (tertiary alicyclic amines) is 1. The molecule has 1 amide bonds. The normalized spacial score (nSPS) is 22.7. The summed E-state index contributed by atoms with van der Waals surface area (Å²) in [5, 5.41) is 3.15. The van der Waals surface area contributed by atoms with E-state index in [2.05, 4.69) is 41.2 Å². The summed E-state index contributed by atoms with van der Waals surface area (Å²) in [6.45, 7) is 10.7. The number of amides is 1. The Morgan fingerprint density at radius 3 is 2.91 bits per heavy atom. The highest BCUT2D eigenvalue weighted by atomic mass is 16.5. The molecule has 2 heterocycles. The number of carbonyl (C=O) groups excluding carboxylic acids is 1. The van der Waals surface area contributed by atoms with Crippen LogP contribution in [0.2, 0.25) is 0 Å². The molecule has 1 aromatic carbocycles. The second-order valence-electron chi connectivity index (χ2n) is 8.82. The Morgan fingerprint density at radius 1 is 1.28 bits per heavy atom. The van der Waals surface area contributed by atoms with E-state index in [-0.39, 0.29) is 20.7 Å². The first-order valence-electron chi connectivity index (χ1n) is 11.4. The molecule has 1 N–H and O–H groups in total. The lowest BCUT2D eigenvalue weighted by Crippen LogP contribution is -2.37. The number of fused-ring (bicyclic) bond motifs is 1. The monoisotopic (exact) mass is 437 g/mol. The van der Waals surface area contributed by atoms with E-state index in [0.29, 0.717) is 11.5 Å². The SMILES string of the molecule is C.CCOC[C@@H]1CCCN(Cc2ccccc2NC(=O)C2=CC3C(C)=CC(C)=NC3=C2)C1.[HH]. The number of dihydropyridines is 1. The van der Waals surface area contributed by atoms with Crippen molar-refractivity contribution in [2.24, 2.45) is 16.8 Å². The van der Waals surface area contributed by atoms with E-state index in [1.54, 1.807) is 0 Å². The van der Waals surface area contributed by atoms with Crippen LogP contribution in [-0.2, 0) is 16.1 Å². The molecule has 32 heavy (non-hydrogen) atoms. The lowest BCUT2D eigenvalue weighted by Gasteiger charge is -2.33. The van der Waals surface area contributed by atoms with Crippen LogP contribution >= 0.6 is 0 Å². The number of benzene rings is 1. The highest BCUT2D eigenvalue weighted by Gasteiger charge is 2.27. The molecule has 0 spiro atoms. The highest BCUT2D eigenvalue weighted by Crippen LogP contribution is 2.34. The fourth-order valence-corrected chi connectivity index (χ4v) is 4.76. The van der Waals surface area contributed by atoms with E-state index in [1.165, 1.54) is 18.4 Å². The van der Waals surface area contributed by atoms with Gasteiger partial charge in [-0.05, 0) is 69.9 Å². The Kier molecular flexibility index (Phi) is 8.21. The zero-order chi connectivity index (χ0) is 21.8. The van der Waals surface area contributed by atoms with Crippen LogP contribution in [0.1, 0.15) is 48.0 Å². The van der Waals surface area contributed by atoms with Crippen molar-refractivity contribution < 1.29 is 11.0 Å². The Hall–Kier alpha value is -2.50. The molecule has 1 fully saturated rings. The summed E-state index contributed by atoms with van der Waals surface area (Å²) in [5.41, 5.74) is 5.92. The summed E-state index contributed by atoms with van der Waals surface area (Å²) in [7, 11) is 0. The molecule has 4 rings (SSSR count). The van der Waals surface area contributed by atoms with Gasteiger partial charge in [0, 0.05) is 44.0 Å². The number of para-hydroxylation sites is 1. The van der Waals surface area contributed by atoms with Gasteiger partial charge in [0.1, 0.15) is 0 Å². The maximum atomic E-state index is 13.0. The van der Waals surface area contributed by atoms with Gasteiger partial charge in [-0.15, -0.1) is 0 Å². The third kappa shape index (κ3) is 5.64. The topological polar surface area (TPSA) is 53.9 Å². The van der Waals surface area contributed by atoms with Gasteiger partial charge in [-0.25, -0.2) is 0 Å². The molecule has 0 radical (unpaired) electrons. The Labute approximate surface area is 194 Å². The van der Waals surface area contributed by atoms with Gasteiger partial charge in [0.2, 0.25) is 0 Å². The summed E-state index contributed by atoms with van der Waals surface area (Å²) in [4.78, 5) is 20.1. The van der Waals surface area contributed by atoms with E-state index >= 15 is 0 Å². The summed E-state index contributed by atoms with van der Waals surface area (Å²) < 4.78 is 5.65. The predicted molar refractivity (Wildman–Crippen MR) is 135 cm³/mol. The molecule has 3 aliphatic rings. The third-order valence-electron chi connectivity index (χ3n) is 6.28. The van der Waals surface area contributed by atoms with Gasteiger partial charge in [-0.2, -0.15) is 0 Å².